The molecule has 1 aliphatic carbocycles. The van der Waals surface area contributed by atoms with E-state index in [1.807, 2.05) is 30.3 Å². The van der Waals surface area contributed by atoms with Gasteiger partial charge in [-0.2, -0.15) is 0 Å². The molecule has 0 fully saturated rings. The maximum atomic E-state index is 12.6. The second-order valence-corrected chi connectivity index (χ2v) is 8.84. The van der Waals surface area contributed by atoms with E-state index in [0.717, 1.165) is 5.56 Å². The number of likely N-dealkylation sites (N-methyl/N-ethyl adjacent to an activating group) is 1. The number of carbonyl (C=O) groups is 3. The maximum absolute atomic E-state index is 12.6. The molecule has 0 spiro atoms. The highest BCUT2D eigenvalue weighted by atomic mass is 16.5. The highest BCUT2D eigenvalue weighted by molar-refractivity contribution is 5.89. The minimum Gasteiger partial charge on any atom is -0.489 e. The summed E-state index contributed by atoms with van der Waals surface area (Å²) in [7, 11) is 3.35. The van der Waals surface area contributed by atoms with Crippen LogP contribution in [0.1, 0.15) is 38.3 Å². The van der Waals surface area contributed by atoms with Crippen LogP contribution in [0.2, 0.25) is 0 Å². The van der Waals surface area contributed by atoms with Crippen molar-refractivity contribution >= 4 is 17.7 Å². The Kier molecular flexibility index (Phi) is 8.76. The van der Waals surface area contributed by atoms with E-state index in [2.05, 4.69) is 0 Å². The second kappa shape index (κ2) is 11.1. The Morgan fingerprint density at radius 2 is 1.62 bits per heavy atom. The van der Waals surface area contributed by atoms with Gasteiger partial charge < -0.3 is 19.7 Å². The Hall–Kier alpha value is -3.45. The van der Waals surface area contributed by atoms with Gasteiger partial charge in [-0.3, -0.25) is 14.5 Å². The van der Waals surface area contributed by atoms with Crippen LogP contribution in [0, 0.1) is 5.92 Å². The summed E-state index contributed by atoms with van der Waals surface area (Å²) >= 11 is 0. The Bertz CT molecular complexity index is 1040. The number of ketones is 1. The topological polar surface area (TPSA) is 104 Å². The molecule has 1 aliphatic rings. The lowest BCUT2D eigenvalue weighted by molar-refractivity contribution is -0.159. The van der Waals surface area contributed by atoms with Gasteiger partial charge in [0.1, 0.15) is 29.1 Å². The number of nitrogens with zero attached hydrogens (tertiary/aromatic N) is 1. The average molecular weight is 468 g/mol. The molecule has 182 valence electrons. The number of ether oxygens (including phenoxy) is 1. The summed E-state index contributed by atoms with van der Waals surface area (Å²) < 4.78 is 5.89. The highest BCUT2D eigenvalue weighted by Gasteiger charge is 2.59. The quantitative estimate of drug-likeness (QED) is 0.589. The third-order valence-electron chi connectivity index (χ3n) is 6.29. The fourth-order valence-corrected chi connectivity index (χ4v) is 4.47. The van der Waals surface area contributed by atoms with Gasteiger partial charge in [-0.15, -0.1) is 0 Å². The van der Waals surface area contributed by atoms with Crippen molar-refractivity contribution in [1.82, 2.24) is 4.90 Å². The summed E-state index contributed by atoms with van der Waals surface area (Å²) in [6.45, 7) is 5.11. The van der Waals surface area contributed by atoms with Crippen LogP contribution in [0.3, 0.4) is 0 Å². The summed E-state index contributed by atoms with van der Waals surface area (Å²) in [5, 5.41) is 20.4. The molecule has 0 aromatic heterocycles. The number of benzene rings is 2. The molecule has 0 heterocycles. The number of hydrogen-bond acceptors (Lipinski definition) is 5. The van der Waals surface area contributed by atoms with E-state index in [0.29, 0.717) is 17.9 Å². The number of carboxylic acid groups (broad SMARTS) is 2. The third-order valence-corrected chi connectivity index (χ3v) is 6.29. The molecular formula is C27H33NO6. The van der Waals surface area contributed by atoms with Gasteiger partial charge >= 0.3 is 11.9 Å². The number of carboxylic acids is 2. The van der Waals surface area contributed by atoms with E-state index in [4.69, 9.17) is 4.74 Å². The smallest absolute Gasteiger partial charge is 0.324 e. The van der Waals surface area contributed by atoms with E-state index in [1.165, 1.54) is 13.8 Å². The van der Waals surface area contributed by atoms with Crippen molar-refractivity contribution in [2.45, 2.75) is 44.8 Å². The normalized spacial score (nSPS) is 23.5. The Morgan fingerprint density at radius 3 is 2.15 bits per heavy atom. The zero-order valence-electron chi connectivity index (χ0n) is 20.3. The van der Waals surface area contributed by atoms with Crippen LogP contribution in [0.4, 0.5) is 0 Å². The number of Topliss-reactive ketones (excluding diaryl/α,β-unsaturated/α-hetero) is 1. The molecule has 0 saturated heterocycles. The third kappa shape index (κ3) is 5.37. The van der Waals surface area contributed by atoms with Crippen molar-refractivity contribution in [3.05, 3.63) is 77.9 Å². The summed E-state index contributed by atoms with van der Waals surface area (Å²) in [5.74, 6) is -2.15. The summed E-state index contributed by atoms with van der Waals surface area (Å²) in [5.41, 5.74) is -1.34. The SMILES string of the molecule is CC(C)=O.CC1C(C(=O)O)(c2cccc(OCc3ccccc3)c2)C=CCC1(C(=O)O)N(C)C. The number of aliphatic carboxylic acids is 2. The zero-order valence-corrected chi connectivity index (χ0v) is 20.3. The molecule has 7 nitrogen and oxygen atoms in total. The largest absolute Gasteiger partial charge is 0.489 e. The lowest BCUT2D eigenvalue weighted by Gasteiger charge is -2.49. The van der Waals surface area contributed by atoms with E-state index < -0.39 is 28.8 Å². The van der Waals surface area contributed by atoms with Crippen LogP contribution in [0.15, 0.2) is 66.7 Å². The molecule has 3 rings (SSSR count). The van der Waals surface area contributed by atoms with Gasteiger partial charge in [-0.05, 0) is 57.6 Å². The highest BCUT2D eigenvalue weighted by Crippen LogP contribution is 2.47. The summed E-state index contributed by atoms with van der Waals surface area (Å²) in [4.78, 5) is 36.0. The van der Waals surface area contributed by atoms with Crippen molar-refractivity contribution in [3.8, 4) is 5.75 Å². The van der Waals surface area contributed by atoms with Crippen LogP contribution in [0.25, 0.3) is 0 Å². The molecule has 2 N–H and O–H groups in total. The molecular weight excluding hydrogens is 434 g/mol. The lowest BCUT2D eigenvalue weighted by atomic mass is 9.58. The van der Waals surface area contributed by atoms with E-state index in [9.17, 15) is 24.6 Å². The number of rotatable bonds is 7. The Labute approximate surface area is 200 Å². The van der Waals surface area contributed by atoms with Gasteiger partial charge in [-0.1, -0.05) is 61.5 Å². The first-order valence-corrected chi connectivity index (χ1v) is 11.0. The first kappa shape index (κ1) is 26.8. The monoisotopic (exact) mass is 467 g/mol. The molecule has 3 unspecified atom stereocenters. The average Bonchev–Trinajstić information content (AvgIpc) is 2.78. The van der Waals surface area contributed by atoms with Crippen LogP contribution in [0.5, 0.6) is 5.75 Å². The van der Waals surface area contributed by atoms with Crippen molar-refractivity contribution in [1.29, 1.82) is 0 Å². The van der Waals surface area contributed by atoms with Crippen molar-refractivity contribution in [2.24, 2.45) is 5.92 Å². The van der Waals surface area contributed by atoms with Crippen LogP contribution in [-0.2, 0) is 26.4 Å². The Morgan fingerprint density at radius 1 is 1.00 bits per heavy atom. The van der Waals surface area contributed by atoms with Crippen LogP contribution >= 0.6 is 0 Å². The van der Waals surface area contributed by atoms with E-state index in [1.54, 1.807) is 62.3 Å². The van der Waals surface area contributed by atoms with Gasteiger partial charge in [0.15, 0.2) is 0 Å². The molecule has 0 amide bonds. The minimum absolute atomic E-state index is 0.167. The van der Waals surface area contributed by atoms with Crippen molar-refractivity contribution in [2.75, 3.05) is 14.1 Å². The molecule has 2 aromatic rings. The van der Waals surface area contributed by atoms with Crippen LogP contribution < -0.4 is 4.74 Å². The molecule has 0 radical (unpaired) electrons. The predicted molar refractivity (Wildman–Crippen MR) is 130 cm³/mol. The van der Waals surface area contributed by atoms with Gasteiger partial charge in [0.05, 0.1) is 0 Å². The van der Waals surface area contributed by atoms with E-state index in [-0.39, 0.29) is 12.2 Å². The summed E-state index contributed by atoms with van der Waals surface area (Å²) in [6, 6.07) is 16.6. The number of hydrogen-bond donors (Lipinski definition) is 2. The standard InChI is InChI=1S/C24H27NO5.C3H6O/c1-17-23(21(26)27,13-8-14-24(17,22(28)29)25(2)3)19-11-7-12-20(15-19)30-16-18-9-5-4-6-10-18;1-3(2)4/h4-13,15,17H,14,16H2,1-3H3,(H,26,27)(H,28,29);1-2H3. The van der Waals surface area contributed by atoms with E-state index >= 15 is 0 Å². The van der Waals surface area contributed by atoms with Gasteiger partial charge in [0.2, 0.25) is 0 Å². The first-order chi connectivity index (χ1) is 16.0. The molecule has 0 bridgehead atoms. The molecule has 0 saturated carbocycles. The van der Waals surface area contributed by atoms with Gasteiger partial charge in [0.25, 0.3) is 0 Å². The predicted octanol–water partition coefficient (Wildman–Crippen LogP) is 4.16. The molecule has 2 aromatic carbocycles. The zero-order chi connectivity index (χ0) is 25.5. The lowest BCUT2D eigenvalue weighted by Crippen LogP contribution is -2.64. The maximum Gasteiger partial charge on any atom is 0.324 e. The summed E-state index contributed by atoms with van der Waals surface area (Å²) in [6.07, 6.45) is 3.52. The molecule has 7 heteroatoms. The molecule has 34 heavy (non-hydrogen) atoms. The first-order valence-electron chi connectivity index (χ1n) is 11.0. The van der Waals surface area contributed by atoms with Gasteiger partial charge in [-0.25, -0.2) is 0 Å². The fourth-order valence-electron chi connectivity index (χ4n) is 4.47. The molecule has 3 atom stereocenters. The van der Waals surface area contributed by atoms with Gasteiger partial charge in [0, 0.05) is 5.92 Å². The molecule has 0 aliphatic heterocycles. The Balaban J connectivity index is 0.000000945. The van der Waals surface area contributed by atoms with Crippen molar-refractivity contribution in [3.63, 3.8) is 0 Å². The number of carbonyl (C=O) groups excluding carboxylic acids is 1. The van der Waals surface area contributed by atoms with Crippen molar-refractivity contribution < 1.29 is 29.3 Å². The fraction of sp³-hybridized carbons (Fsp3) is 0.370. The second-order valence-electron chi connectivity index (χ2n) is 8.84. The minimum atomic E-state index is -1.49. The van der Waals surface area contributed by atoms with Crippen LogP contribution in [-0.4, -0.2) is 52.5 Å².